The SMILES string of the molecule is CCOc1ncc(-c2ccc3c(c2)CN(C(=O)c2ccc(S(C)(=O)=O)c(F)c2CC)CCO3)cn1. The van der Waals surface area contributed by atoms with E-state index < -0.39 is 20.5 Å². The number of hydrogen-bond donors (Lipinski definition) is 0. The van der Waals surface area contributed by atoms with Crippen molar-refractivity contribution in [3.05, 3.63) is 65.2 Å². The molecule has 0 saturated carbocycles. The molecule has 2 heterocycles. The van der Waals surface area contributed by atoms with Gasteiger partial charge in [-0.3, -0.25) is 4.79 Å². The lowest BCUT2D eigenvalue weighted by Crippen LogP contribution is -2.33. The van der Waals surface area contributed by atoms with Crippen LogP contribution in [-0.4, -0.2) is 55.2 Å². The molecule has 0 radical (unpaired) electrons. The Morgan fingerprint density at radius 2 is 1.89 bits per heavy atom. The number of nitrogens with zero attached hydrogens (tertiary/aromatic N) is 3. The maximum Gasteiger partial charge on any atom is 0.316 e. The minimum absolute atomic E-state index is 0.0867. The predicted octanol–water partition coefficient (Wildman–Crippen LogP) is 3.68. The molecule has 0 N–H and O–H groups in total. The van der Waals surface area contributed by atoms with E-state index in [-0.39, 0.29) is 36.6 Å². The maximum absolute atomic E-state index is 15.0. The van der Waals surface area contributed by atoms with Gasteiger partial charge in [-0.05, 0) is 43.2 Å². The topological polar surface area (TPSA) is 98.7 Å². The van der Waals surface area contributed by atoms with E-state index in [1.54, 1.807) is 24.2 Å². The number of rotatable bonds is 6. The van der Waals surface area contributed by atoms with Crippen LogP contribution in [0.3, 0.4) is 0 Å². The summed E-state index contributed by atoms with van der Waals surface area (Å²) in [5.41, 5.74) is 2.65. The lowest BCUT2D eigenvalue weighted by molar-refractivity contribution is 0.0731. The Balaban J connectivity index is 1.64. The molecule has 1 amide bonds. The van der Waals surface area contributed by atoms with E-state index in [0.29, 0.717) is 24.9 Å². The van der Waals surface area contributed by atoms with Gasteiger partial charge in [-0.15, -0.1) is 0 Å². The largest absolute Gasteiger partial charge is 0.491 e. The number of hydrogen-bond acceptors (Lipinski definition) is 7. The van der Waals surface area contributed by atoms with Gasteiger partial charge in [-0.2, -0.15) is 0 Å². The fourth-order valence-electron chi connectivity index (χ4n) is 4.02. The number of halogens is 1. The highest BCUT2D eigenvalue weighted by molar-refractivity contribution is 7.90. The average molecular weight is 500 g/mol. The van der Waals surface area contributed by atoms with E-state index in [2.05, 4.69) is 9.97 Å². The molecule has 10 heteroatoms. The molecule has 35 heavy (non-hydrogen) atoms. The molecular formula is C25H26FN3O5S. The Hall–Kier alpha value is -3.53. The van der Waals surface area contributed by atoms with E-state index in [1.807, 2.05) is 25.1 Å². The molecule has 0 spiro atoms. The average Bonchev–Trinajstić information content (AvgIpc) is 3.05. The molecule has 1 aromatic heterocycles. The van der Waals surface area contributed by atoms with Gasteiger partial charge in [0.1, 0.15) is 23.1 Å². The van der Waals surface area contributed by atoms with Crippen molar-refractivity contribution >= 4 is 15.7 Å². The first-order valence-electron chi connectivity index (χ1n) is 11.2. The molecule has 0 bridgehead atoms. The van der Waals surface area contributed by atoms with Gasteiger partial charge in [0, 0.05) is 47.4 Å². The van der Waals surface area contributed by atoms with E-state index in [4.69, 9.17) is 9.47 Å². The van der Waals surface area contributed by atoms with Gasteiger partial charge in [-0.1, -0.05) is 13.0 Å². The van der Waals surface area contributed by atoms with Crippen molar-refractivity contribution in [2.45, 2.75) is 31.7 Å². The van der Waals surface area contributed by atoms with Gasteiger partial charge in [0.2, 0.25) is 0 Å². The normalized spacial score (nSPS) is 13.5. The lowest BCUT2D eigenvalue weighted by Gasteiger charge is -2.22. The Kier molecular flexibility index (Phi) is 7.02. The third-order valence-corrected chi connectivity index (χ3v) is 6.87. The van der Waals surface area contributed by atoms with Gasteiger partial charge >= 0.3 is 6.01 Å². The minimum Gasteiger partial charge on any atom is -0.491 e. The zero-order valence-electron chi connectivity index (χ0n) is 19.7. The molecular weight excluding hydrogens is 473 g/mol. The Morgan fingerprint density at radius 1 is 1.14 bits per heavy atom. The summed E-state index contributed by atoms with van der Waals surface area (Å²) in [5.74, 6) is -0.595. The van der Waals surface area contributed by atoms with Crippen molar-refractivity contribution in [1.82, 2.24) is 14.9 Å². The van der Waals surface area contributed by atoms with E-state index in [9.17, 15) is 17.6 Å². The molecule has 8 nitrogen and oxygen atoms in total. The molecule has 3 aromatic rings. The summed E-state index contributed by atoms with van der Waals surface area (Å²) in [6.07, 6.45) is 4.46. The zero-order valence-corrected chi connectivity index (χ0v) is 20.6. The summed E-state index contributed by atoms with van der Waals surface area (Å²) in [6, 6.07) is 8.49. The van der Waals surface area contributed by atoms with E-state index in [0.717, 1.165) is 29.0 Å². The Labute approximate surface area is 203 Å². The van der Waals surface area contributed by atoms with Crippen molar-refractivity contribution in [2.24, 2.45) is 0 Å². The summed E-state index contributed by atoms with van der Waals surface area (Å²) < 4.78 is 50.0. The summed E-state index contributed by atoms with van der Waals surface area (Å²) in [4.78, 5) is 23.0. The van der Waals surface area contributed by atoms with Gasteiger partial charge in [0.25, 0.3) is 5.91 Å². The predicted molar refractivity (Wildman–Crippen MR) is 128 cm³/mol. The number of benzene rings is 2. The molecule has 1 aliphatic rings. The summed E-state index contributed by atoms with van der Waals surface area (Å²) >= 11 is 0. The molecule has 0 aliphatic carbocycles. The van der Waals surface area contributed by atoms with Gasteiger partial charge in [0.05, 0.1) is 13.2 Å². The van der Waals surface area contributed by atoms with Gasteiger partial charge in [0.15, 0.2) is 9.84 Å². The van der Waals surface area contributed by atoms with Gasteiger partial charge < -0.3 is 14.4 Å². The van der Waals surface area contributed by atoms with Crippen LogP contribution in [0.2, 0.25) is 0 Å². The van der Waals surface area contributed by atoms with Crippen LogP contribution in [0, 0.1) is 5.82 Å². The van der Waals surface area contributed by atoms with Crippen molar-refractivity contribution in [3.8, 4) is 22.9 Å². The number of aromatic nitrogens is 2. The molecule has 0 fully saturated rings. The first kappa shape index (κ1) is 24.6. The van der Waals surface area contributed by atoms with Crippen LogP contribution in [-0.2, 0) is 22.8 Å². The smallest absolute Gasteiger partial charge is 0.316 e. The second kappa shape index (κ2) is 9.99. The molecule has 2 aromatic carbocycles. The van der Waals surface area contributed by atoms with Crippen LogP contribution in [0.15, 0.2) is 47.6 Å². The van der Waals surface area contributed by atoms with Crippen molar-refractivity contribution in [1.29, 1.82) is 0 Å². The quantitative estimate of drug-likeness (QED) is 0.510. The van der Waals surface area contributed by atoms with Crippen LogP contribution in [0.4, 0.5) is 4.39 Å². The summed E-state index contributed by atoms with van der Waals surface area (Å²) in [7, 11) is -3.75. The summed E-state index contributed by atoms with van der Waals surface area (Å²) in [6.45, 7) is 4.84. The molecule has 0 atom stereocenters. The van der Waals surface area contributed by atoms with Crippen LogP contribution in [0.25, 0.3) is 11.1 Å². The minimum atomic E-state index is -3.75. The van der Waals surface area contributed by atoms with Gasteiger partial charge in [-0.25, -0.2) is 22.8 Å². The Morgan fingerprint density at radius 3 is 2.54 bits per heavy atom. The van der Waals surface area contributed by atoms with Crippen molar-refractivity contribution < 1.29 is 27.1 Å². The highest BCUT2D eigenvalue weighted by Crippen LogP contribution is 2.30. The first-order chi connectivity index (χ1) is 16.7. The van der Waals surface area contributed by atoms with Crippen LogP contribution < -0.4 is 9.47 Å². The van der Waals surface area contributed by atoms with E-state index in [1.165, 1.54) is 6.07 Å². The fourth-order valence-corrected chi connectivity index (χ4v) is 4.78. The third-order valence-electron chi connectivity index (χ3n) is 5.75. The monoisotopic (exact) mass is 499 g/mol. The third kappa shape index (κ3) is 5.12. The second-order valence-corrected chi connectivity index (χ2v) is 10.1. The molecule has 0 unspecified atom stereocenters. The number of fused-ring (bicyclic) bond motifs is 1. The first-order valence-corrected chi connectivity index (χ1v) is 13.1. The molecule has 0 saturated heterocycles. The van der Waals surface area contributed by atoms with Crippen LogP contribution in [0.5, 0.6) is 11.8 Å². The highest BCUT2D eigenvalue weighted by atomic mass is 32.2. The number of sulfone groups is 1. The lowest BCUT2D eigenvalue weighted by atomic mass is 10.0. The number of carbonyl (C=O) groups is 1. The van der Waals surface area contributed by atoms with Crippen LogP contribution >= 0.6 is 0 Å². The molecule has 184 valence electrons. The zero-order chi connectivity index (χ0) is 25.2. The standard InChI is InChI=1S/C25H26FN3O5S/c1-4-19-20(7-9-22(23(19)26)35(3,31)32)24(30)29-10-11-34-21-8-6-16(12-17(21)15-29)18-13-27-25(28-14-18)33-5-2/h6-9,12-14H,4-5,10-11,15H2,1-3H3. The maximum atomic E-state index is 15.0. The van der Waals surface area contributed by atoms with E-state index >= 15 is 0 Å². The highest BCUT2D eigenvalue weighted by Gasteiger charge is 2.27. The molecule has 4 rings (SSSR count). The second-order valence-electron chi connectivity index (χ2n) is 8.11. The Bertz CT molecular complexity index is 1360. The fraction of sp³-hybridized carbons (Fsp3) is 0.320. The van der Waals surface area contributed by atoms with Crippen molar-refractivity contribution in [2.75, 3.05) is 26.0 Å². The van der Waals surface area contributed by atoms with Crippen LogP contribution in [0.1, 0.15) is 35.3 Å². The van der Waals surface area contributed by atoms with Crippen molar-refractivity contribution in [3.63, 3.8) is 0 Å². The molecule has 1 aliphatic heterocycles. The number of carbonyl (C=O) groups excluding carboxylic acids is 1. The number of amides is 1. The summed E-state index contributed by atoms with van der Waals surface area (Å²) in [5, 5.41) is 0. The number of ether oxygens (including phenoxy) is 2.